The highest BCUT2D eigenvalue weighted by Crippen LogP contribution is 2.40. The molecule has 1 amide bonds. The number of benzene rings is 2. The van der Waals surface area contributed by atoms with Gasteiger partial charge in [0.05, 0.1) is 10.0 Å². The van der Waals surface area contributed by atoms with Crippen molar-refractivity contribution in [2.75, 3.05) is 11.9 Å². The number of fused-ring (bicyclic) bond motifs is 1. The molecule has 0 spiro atoms. The van der Waals surface area contributed by atoms with Crippen LogP contribution in [0.2, 0.25) is 0 Å². The molecule has 0 saturated carbocycles. The van der Waals surface area contributed by atoms with Crippen LogP contribution >= 0.6 is 27.3 Å². The summed E-state index contributed by atoms with van der Waals surface area (Å²) < 4.78 is 6.11. The summed E-state index contributed by atoms with van der Waals surface area (Å²) in [6.07, 6.45) is 5.91. The molecule has 1 aromatic heterocycles. The van der Waals surface area contributed by atoms with E-state index in [1.807, 2.05) is 48.5 Å². The van der Waals surface area contributed by atoms with Gasteiger partial charge in [0, 0.05) is 16.8 Å². The first kappa shape index (κ1) is 21.3. The van der Waals surface area contributed by atoms with Gasteiger partial charge in [-0.25, -0.2) is 4.99 Å². The predicted octanol–water partition coefficient (Wildman–Crippen LogP) is 6.29. The molecule has 3 aromatic rings. The van der Waals surface area contributed by atoms with Crippen molar-refractivity contribution in [1.82, 2.24) is 0 Å². The smallest absolute Gasteiger partial charge is 0.259 e. The van der Waals surface area contributed by atoms with Crippen LogP contribution in [0.1, 0.15) is 39.2 Å². The summed E-state index contributed by atoms with van der Waals surface area (Å²) in [5.41, 5.74) is 3.47. The average Bonchev–Trinajstić information content (AvgIpc) is 3.16. The van der Waals surface area contributed by atoms with Gasteiger partial charge in [0.25, 0.3) is 5.91 Å². The minimum Gasteiger partial charge on any atom is -0.478 e. The third kappa shape index (κ3) is 5.04. The van der Waals surface area contributed by atoms with Crippen LogP contribution in [0.4, 0.5) is 10.7 Å². The number of rotatable bonds is 6. The zero-order valence-electron chi connectivity index (χ0n) is 16.7. The molecule has 1 heterocycles. The van der Waals surface area contributed by atoms with E-state index in [-0.39, 0.29) is 12.5 Å². The largest absolute Gasteiger partial charge is 0.478 e. The molecule has 0 saturated heterocycles. The number of nitriles is 1. The molecule has 7 heteroatoms. The number of ether oxygens (including phenoxy) is 1. The highest BCUT2D eigenvalue weighted by molar-refractivity contribution is 9.10. The van der Waals surface area contributed by atoms with Crippen molar-refractivity contribution in [2.24, 2.45) is 4.99 Å². The summed E-state index contributed by atoms with van der Waals surface area (Å²) >= 11 is 5.07. The highest BCUT2D eigenvalue weighted by Gasteiger charge is 2.25. The van der Waals surface area contributed by atoms with E-state index in [9.17, 15) is 4.79 Å². The summed E-state index contributed by atoms with van der Waals surface area (Å²) in [6, 6.07) is 17.0. The van der Waals surface area contributed by atoms with E-state index in [1.165, 1.54) is 4.88 Å². The first-order chi connectivity index (χ1) is 15.2. The Labute approximate surface area is 193 Å². The topological polar surface area (TPSA) is 74.5 Å². The van der Waals surface area contributed by atoms with Crippen LogP contribution in [0.3, 0.4) is 0 Å². The number of anilines is 1. The van der Waals surface area contributed by atoms with Crippen molar-refractivity contribution in [3.63, 3.8) is 0 Å². The molecule has 0 aliphatic heterocycles. The lowest BCUT2D eigenvalue weighted by atomic mass is 9.95. The fourth-order valence-electron chi connectivity index (χ4n) is 3.55. The Morgan fingerprint density at radius 3 is 2.81 bits per heavy atom. The monoisotopic (exact) mass is 493 g/mol. The number of nitrogens with zero attached hydrogens (tertiary/aromatic N) is 2. The average molecular weight is 494 g/mol. The molecular weight excluding hydrogens is 474 g/mol. The predicted molar refractivity (Wildman–Crippen MR) is 128 cm³/mol. The maximum Gasteiger partial charge on any atom is 0.259 e. The zero-order chi connectivity index (χ0) is 21.6. The molecule has 1 N–H and O–H groups in total. The lowest BCUT2D eigenvalue weighted by Crippen LogP contribution is -2.14. The van der Waals surface area contributed by atoms with Crippen molar-refractivity contribution in [1.29, 1.82) is 5.26 Å². The van der Waals surface area contributed by atoms with Crippen molar-refractivity contribution in [3.8, 4) is 11.8 Å². The number of para-hydroxylation sites is 1. The SMILES string of the molecule is N#CCOc1ccc(C=Nc2sc3c(c2C(=O)Nc2ccccc2)CCCC3)cc1Br. The van der Waals surface area contributed by atoms with E-state index in [1.54, 1.807) is 23.6 Å². The fraction of sp³-hybridized carbons (Fsp3) is 0.208. The van der Waals surface area contributed by atoms with Gasteiger partial charge in [-0.15, -0.1) is 11.3 Å². The van der Waals surface area contributed by atoms with Gasteiger partial charge in [0.1, 0.15) is 16.8 Å². The number of hydrogen-bond acceptors (Lipinski definition) is 5. The molecule has 0 fully saturated rings. The maximum absolute atomic E-state index is 13.1. The molecule has 0 unspecified atom stereocenters. The first-order valence-corrected chi connectivity index (χ1v) is 11.6. The van der Waals surface area contributed by atoms with E-state index < -0.39 is 0 Å². The number of nitrogens with one attached hydrogen (secondary N) is 1. The minimum absolute atomic E-state index is 0.00727. The number of amides is 1. The molecule has 0 bridgehead atoms. The normalized spacial score (nSPS) is 12.9. The molecular formula is C24H20BrN3O2S. The Balaban J connectivity index is 1.62. The first-order valence-electron chi connectivity index (χ1n) is 10.00. The number of aryl methyl sites for hydroxylation is 1. The minimum atomic E-state index is -0.112. The lowest BCUT2D eigenvalue weighted by Gasteiger charge is -2.12. The molecule has 1 aliphatic carbocycles. The molecule has 5 nitrogen and oxygen atoms in total. The number of carbonyl (C=O) groups is 1. The van der Waals surface area contributed by atoms with Gasteiger partial charge in [0.15, 0.2) is 6.61 Å². The number of hydrogen-bond donors (Lipinski definition) is 1. The van der Waals surface area contributed by atoms with Gasteiger partial charge in [0.2, 0.25) is 0 Å². The van der Waals surface area contributed by atoms with Gasteiger partial charge in [-0.2, -0.15) is 5.26 Å². The number of aliphatic imine (C=N–C) groups is 1. The molecule has 1 aliphatic rings. The van der Waals surface area contributed by atoms with Crippen LogP contribution in [-0.2, 0) is 12.8 Å². The molecule has 156 valence electrons. The molecule has 2 aromatic carbocycles. The Morgan fingerprint density at radius 2 is 2.03 bits per heavy atom. The van der Waals surface area contributed by atoms with Crippen molar-refractivity contribution in [3.05, 3.63) is 74.6 Å². The highest BCUT2D eigenvalue weighted by atomic mass is 79.9. The lowest BCUT2D eigenvalue weighted by molar-refractivity contribution is 0.102. The van der Waals surface area contributed by atoms with Crippen LogP contribution in [-0.4, -0.2) is 18.7 Å². The van der Waals surface area contributed by atoms with Gasteiger partial charge in [-0.3, -0.25) is 4.79 Å². The number of carbonyl (C=O) groups excluding carboxylic acids is 1. The van der Waals surface area contributed by atoms with Crippen LogP contribution in [0, 0.1) is 11.3 Å². The Bertz CT molecular complexity index is 1170. The van der Waals surface area contributed by atoms with E-state index in [2.05, 4.69) is 21.2 Å². The summed E-state index contributed by atoms with van der Waals surface area (Å²) in [4.78, 5) is 19.1. The quantitative estimate of drug-likeness (QED) is 0.409. The summed E-state index contributed by atoms with van der Waals surface area (Å²) in [6.45, 7) is -0.00727. The van der Waals surface area contributed by atoms with Gasteiger partial charge in [-0.05, 0) is 83.1 Å². The second-order valence-corrected chi connectivity index (χ2v) is 9.04. The van der Waals surface area contributed by atoms with Crippen LogP contribution in [0.25, 0.3) is 0 Å². The summed E-state index contributed by atoms with van der Waals surface area (Å²) in [5, 5.41) is 12.4. The Morgan fingerprint density at radius 1 is 1.23 bits per heavy atom. The van der Waals surface area contributed by atoms with Crippen molar-refractivity contribution in [2.45, 2.75) is 25.7 Å². The van der Waals surface area contributed by atoms with E-state index in [0.717, 1.165) is 52.0 Å². The van der Waals surface area contributed by atoms with Crippen LogP contribution in [0.15, 0.2) is 58.0 Å². The van der Waals surface area contributed by atoms with Crippen molar-refractivity contribution < 1.29 is 9.53 Å². The second kappa shape index (κ2) is 9.90. The standard InChI is InChI=1S/C24H20BrN3O2S/c25-19-14-16(10-11-20(19)30-13-12-26)15-27-24-22(18-8-4-5-9-21(18)31-24)23(29)28-17-6-2-1-3-7-17/h1-3,6-7,10-11,14-15H,4-5,8-9,13H2,(H,28,29). The van der Waals surface area contributed by atoms with Gasteiger partial charge in [-0.1, -0.05) is 18.2 Å². The number of thiophene rings is 1. The Hall–Kier alpha value is -2.95. The van der Waals surface area contributed by atoms with E-state index in [4.69, 9.17) is 15.0 Å². The maximum atomic E-state index is 13.1. The fourth-order valence-corrected chi connectivity index (χ4v) is 5.29. The van der Waals surface area contributed by atoms with E-state index >= 15 is 0 Å². The van der Waals surface area contributed by atoms with E-state index in [0.29, 0.717) is 11.3 Å². The van der Waals surface area contributed by atoms with Crippen LogP contribution in [0.5, 0.6) is 5.75 Å². The number of halogens is 1. The van der Waals surface area contributed by atoms with Crippen LogP contribution < -0.4 is 10.1 Å². The summed E-state index contributed by atoms with van der Waals surface area (Å²) in [7, 11) is 0. The van der Waals surface area contributed by atoms with Gasteiger partial charge < -0.3 is 10.1 Å². The molecule has 0 atom stereocenters. The second-order valence-electron chi connectivity index (χ2n) is 7.11. The van der Waals surface area contributed by atoms with Gasteiger partial charge >= 0.3 is 0 Å². The molecule has 4 rings (SSSR count). The molecule has 31 heavy (non-hydrogen) atoms. The summed E-state index contributed by atoms with van der Waals surface area (Å²) in [5.74, 6) is 0.493. The molecule has 0 radical (unpaired) electrons. The Kier molecular flexibility index (Phi) is 6.80. The van der Waals surface area contributed by atoms with Crippen molar-refractivity contribution >= 4 is 50.1 Å². The third-order valence-corrected chi connectivity index (χ3v) is 6.81. The zero-order valence-corrected chi connectivity index (χ0v) is 19.1. The third-order valence-electron chi connectivity index (χ3n) is 4.99.